The number of benzene rings is 1. The van der Waals surface area contributed by atoms with Crippen LogP contribution in [-0.2, 0) is 16.4 Å². The summed E-state index contributed by atoms with van der Waals surface area (Å²) in [6.45, 7) is 3.32. The van der Waals surface area contributed by atoms with Crippen LogP contribution in [0.3, 0.4) is 0 Å². The number of phenolic OH excluding ortho intramolecular Hbond substituents is 1. The number of aromatic hydroxyl groups is 1. The number of aryl methyl sites for hydroxylation is 2. The van der Waals surface area contributed by atoms with Gasteiger partial charge in [0.05, 0.1) is 0 Å². The van der Waals surface area contributed by atoms with Crippen molar-refractivity contribution in [3.8, 4) is 5.75 Å². The maximum Gasteiger partial charge on any atom is 0.245 e. The number of hydrogen-bond donors (Lipinski definition) is 2. The van der Waals surface area contributed by atoms with Crippen LogP contribution in [0.2, 0.25) is 0 Å². The van der Waals surface area contributed by atoms with Crippen LogP contribution in [0.1, 0.15) is 17.0 Å². The Hall–Kier alpha value is -1.86. The molecule has 0 aliphatic rings. The molecule has 0 bridgehead atoms. The number of sulfonamides is 1. The molecule has 0 amide bonds. The Morgan fingerprint density at radius 1 is 1.30 bits per heavy atom. The lowest BCUT2D eigenvalue weighted by Gasteiger charge is -2.07. The van der Waals surface area contributed by atoms with E-state index < -0.39 is 10.0 Å². The van der Waals surface area contributed by atoms with Gasteiger partial charge in [-0.3, -0.25) is 0 Å². The van der Waals surface area contributed by atoms with Crippen LogP contribution in [0.5, 0.6) is 5.75 Å². The molecule has 1 heterocycles. The van der Waals surface area contributed by atoms with Crippen LogP contribution < -0.4 is 4.72 Å². The first-order chi connectivity index (χ1) is 9.42. The van der Waals surface area contributed by atoms with Crippen LogP contribution in [-0.4, -0.2) is 25.2 Å². The van der Waals surface area contributed by atoms with Gasteiger partial charge < -0.3 is 9.63 Å². The van der Waals surface area contributed by atoms with Crippen LogP contribution in [0.15, 0.2) is 33.7 Å². The second kappa shape index (κ2) is 5.64. The van der Waals surface area contributed by atoms with E-state index in [2.05, 4.69) is 9.88 Å². The highest BCUT2D eigenvalue weighted by Gasteiger charge is 2.23. The molecule has 20 heavy (non-hydrogen) atoms. The van der Waals surface area contributed by atoms with Crippen molar-refractivity contribution in [3.63, 3.8) is 0 Å². The van der Waals surface area contributed by atoms with Gasteiger partial charge >= 0.3 is 0 Å². The molecule has 7 heteroatoms. The van der Waals surface area contributed by atoms with E-state index in [4.69, 9.17) is 4.52 Å². The van der Waals surface area contributed by atoms with E-state index in [9.17, 15) is 13.5 Å². The standard InChI is InChI=1S/C13H16N2O4S/c1-9-13(10(2)19-15-9)20(17,18)14-8-7-11-5-3-4-6-12(11)16/h3-6,14,16H,7-8H2,1-2H3. The van der Waals surface area contributed by atoms with Crippen molar-refractivity contribution in [2.75, 3.05) is 6.54 Å². The van der Waals surface area contributed by atoms with E-state index in [1.807, 2.05) is 0 Å². The van der Waals surface area contributed by atoms with Crippen molar-refractivity contribution in [3.05, 3.63) is 41.3 Å². The van der Waals surface area contributed by atoms with E-state index in [1.165, 1.54) is 0 Å². The Kier molecular flexibility index (Phi) is 4.10. The average molecular weight is 296 g/mol. The Morgan fingerprint density at radius 2 is 2.00 bits per heavy atom. The predicted molar refractivity (Wildman–Crippen MR) is 73.0 cm³/mol. The lowest BCUT2D eigenvalue weighted by atomic mass is 10.1. The zero-order valence-electron chi connectivity index (χ0n) is 11.3. The quantitative estimate of drug-likeness (QED) is 0.872. The zero-order chi connectivity index (χ0) is 14.8. The molecule has 0 aliphatic heterocycles. The van der Waals surface area contributed by atoms with Gasteiger partial charge in [-0.15, -0.1) is 0 Å². The normalized spacial score (nSPS) is 11.7. The van der Waals surface area contributed by atoms with Crippen molar-refractivity contribution in [1.29, 1.82) is 0 Å². The number of phenols is 1. The summed E-state index contributed by atoms with van der Waals surface area (Å²) in [7, 11) is -3.65. The third-order valence-electron chi connectivity index (χ3n) is 2.91. The minimum Gasteiger partial charge on any atom is -0.508 e. The molecule has 0 radical (unpaired) electrons. The van der Waals surface area contributed by atoms with Gasteiger partial charge in [0.25, 0.3) is 0 Å². The molecule has 0 saturated heterocycles. The summed E-state index contributed by atoms with van der Waals surface area (Å²) < 4.78 is 31.6. The second-order valence-electron chi connectivity index (χ2n) is 4.43. The summed E-state index contributed by atoms with van der Waals surface area (Å²) in [5.41, 5.74) is 1.02. The van der Waals surface area contributed by atoms with E-state index in [0.29, 0.717) is 17.7 Å². The largest absolute Gasteiger partial charge is 0.508 e. The third-order valence-corrected chi connectivity index (χ3v) is 4.62. The van der Waals surface area contributed by atoms with Crippen molar-refractivity contribution >= 4 is 10.0 Å². The molecule has 2 aromatic rings. The monoisotopic (exact) mass is 296 g/mol. The molecule has 1 aromatic heterocycles. The van der Waals surface area contributed by atoms with Crippen molar-refractivity contribution in [2.24, 2.45) is 0 Å². The Balaban J connectivity index is 2.06. The lowest BCUT2D eigenvalue weighted by Crippen LogP contribution is -2.26. The fourth-order valence-electron chi connectivity index (χ4n) is 1.97. The van der Waals surface area contributed by atoms with Crippen LogP contribution in [0.4, 0.5) is 0 Å². The molecule has 0 atom stereocenters. The molecule has 1 aromatic carbocycles. The van der Waals surface area contributed by atoms with Gasteiger partial charge in [0, 0.05) is 6.54 Å². The molecular formula is C13H16N2O4S. The molecule has 108 valence electrons. The number of rotatable bonds is 5. The molecular weight excluding hydrogens is 280 g/mol. The van der Waals surface area contributed by atoms with Gasteiger partial charge in [-0.25, -0.2) is 13.1 Å². The van der Waals surface area contributed by atoms with Gasteiger partial charge in [0.2, 0.25) is 10.0 Å². The maximum absolute atomic E-state index is 12.1. The summed E-state index contributed by atoms with van der Waals surface area (Å²) >= 11 is 0. The summed E-state index contributed by atoms with van der Waals surface area (Å²) in [5, 5.41) is 13.2. The average Bonchev–Trinajstić information content (AvgIpc) is 2.72. The predicted octanol–water partition coefficient (Wildman–Crippen LogP) is 1.52. The number of para-hydroxylation sites is 1. The first-order valence-electron chi connectivity index (χ1n) is 6.11. The lowest BCUT2D eigenvalue weighted by molar-refractivity contribution is 0.390. The van der Waals surface area contributed by atoms with E-state index in [0.717, 1.165) is 0 Å². The van der Waals surface area contributed by atoms with E-state index >= 15 is 0 Å². The molecule has 6 nitrogen and oxygen atoms in total. The number of nitrogens with one attached hydrogen (secondary N) is 1. The van der Waals surface area contributed by atoms with Crippen LogP contribution in [0.25, 0.3) is 0 Å². The molecule has 0 saturated carbocycles. The minimum absolute atomic E-state index is 0.0785. The van der Waals surface area contributed by atoms with Crippen molar-refractivity contribution in [2.45, 2.75) is 25.2 Å². The first kappa shape index (κ1) is 14.5. The van der Waals surface area contributed by atoms with E-state index in [-0.39, 0.29) is 22.9 Å². The number of hydrogen-bond acceptors (Lipinski definition) is 5. The Bertz CT molecular complexity index is 687. The molecule has 2 rings (SSSR count). The third kappa shape index (κ3) is 3.00. The highest BCUT2D eigenvalue weighted by molar-refractivity contribution is 7.89. The topological polar surface area (TPSA) is 92.4 Å². The maximum atomic E-state index is 12.1. The smallest absolute Gasteiger partial charge is 0.245 e. The fourth-order valence-corrected chi connectivity index (χ4v) is 3.33. The number of aromatic nitrogens is 1. The Morgan fingerprint density at radius 3 is 2.60 bits per heavy atom. The van der Waals surface area contributed by atoms with Gasteiger partial charge in [-0.2, -0.15) is 0 Å². The summed E-state index contributed by atoms with van der Waals surface area (Å²) in [5.74, 6) is 0.418. The van der Waals surface area contributed by atoms with Gasteiger partial charge in [-0.1, -0.05) is 23.4 Å². The zero-order valence-corrected chi connectivity index (χ0v) is 12.1. The SMILES string of the molecule is Cc1noc(C)c1S(=O)(=O)NCCc1ccccc1O. The van der Waals surface area contributed by atoms with Crippen LogP contribution in [0, 0.1) is 13.8 Å². The minimum atomic E-state index is -3.65. The first-order valence-corrected chi connectivity index (χ1v) is 7.59. The van der Waals surface area contributed by atoms with Crippen molar-refractivity contribution in [1.82, 2.24) is 9.88 Å². The summed E-state index contributed by atoms with van der Waals surface area (Å²) in [4.78, 5) is 0.0785. The molecule has 2 N–H and O–H groups in total. The van der Waals surface area contributed by atoms with E-state index in [1.54, 1.807) is 38.1 Å². The summed E-state index contributed by atoms with van der Waals surface area (Å²) in [6.07, 6.45) is 0.398. The molecule has 0 spiro atoms. The molecule has 0 unspecified atom stereocenters. The number of nitrogens with zero attached hydrogens (tertiary/aromatic N) is 1. The second-order valence-corrected chi connectivity index (χ2v) is 6.13. The van der Waals surface area contributed by atoms with Crippen molar-refractivity contribution < 1.29 is 18.0 Å². The van der Waals surface area contributed by atoms with Crippen LogP contribution >= 0.6 is 0 Å². The highest BCUT2D eigenvalue weighted by atomic mass is 32.2. The summed E-state index contributed by atoms with van der Waals surface area (Å²) in [6, 6.07) is 6.82. The fraction of sp³-hybridized carbons (Fsp3) is 0.308. The van der Waals surface area contributed by atoms with Gasteiger partial charge in [-0.05, 0) is 31.9 Å². The molecule has 0 aliphatic carbocycles. The highest BCUT2D eigenvalue weighted by Crippen LogP contribution is 2.19. The Labute approximate surface area is 117 Å². The van der Waals surface area contributed by atoms with Gasteiger partial charge in [0.15, 0.2) is 5.76 Å². The van der Waals surface area contributed by atoms with Gasteiger partial charge in [0.1, 0.15) is 16.3 Å². The molecule has 0 fully saturated rings.